The molecule has 1 fully saturated rings. The van der Waals surface area contributed by atoms with Crippen LogP contribution in [0.3, 0.4) is 0 Å². The molecule has 0 aliphatic heterocycles. The summed E-state index contributed by atoms with van der Waals surface area (Å²) in [6.45, 7) is 0.340. The van der Waals surface area contributed by atoms with Crippen LogP contribution in [0.1, 0.15) is 24.3 Å². The second-order valence-electron chi connectivity index (χ2n) is 4.62. The highest BCUT2D eigenvalue weighted by molar-refractivity contribution is 9.10. The number of carbonyl (C=O) groups excluding carboxylic acids is 2. The zero-order valence-corrected chi connectivity index (χ0v) is 12.3. The van der Waals surface area contributed by atoms with Gasteiger partial charge in [0.1, 0.15) is 0 Å². The molecule has 1 N–H and O–H groups in total. The lowest BCUT2D eigenvalue weighted by atomic mass is 10.1. The first-order valence-corrected chi connectivity index (χ1v) is 7.01. The molecule has 19 heavy (non-hydrogen) atoms. The molecule has 1 aromatic carbocycles. The molecule has 0 saturated heterocycles. The van der Waals surface area contributed by atoms with Crippen LogP contribution in [0.5, 0.6) is 0 Å². The average Bonchev–Trinajstić information content (AvgIpc) is 3.18. The Morgan fingerprint density at radius 3 is 2.95 bits per heavy atom. The van der Waals surface area contributed by atoms with Gasteiger partial charge in [-0.3, -0.25) is 9.59 Å². The molecule has 4 nitrogen and oxygen atoms in total. The van der Waals surface area contributed by atoms with Gasteiger partial charge >= 0.3 is 5.97 Å². The van der Waals surface area contributed by atoms with Crippen LogP contribution < -0.4 is 5.32 Å². The molecular weight excluding hydrogens is 310 g/mol. The molecule has 1 aliphatic carbocycles. The molecular formula is C14H16BrNO3. The number of rotatable bonds is 5. The summed E-state index contributed by atoms with van der Waals surface area (Å²) < 4.78 is 5.55. The van der Waals surface area contributed by atoms with Gasteiger partial charge in [0.2, 0.25) is 5.91 Å². The Morgan fingerprint density at radius 1 is 1.47 bits per heavy atom. The summed E-state index contributed by atoms with van der Waals surface area (Å²) in [6.07, 6.45) is 1.09. The maximum absolute atomic E-state index is 11.9. The van der Waals surface area contributed by atoms with E-state index in [1.54, 1.807) is 0 Å². The van der Waals surface area contributed by atoms with Crippen molar-refractivity contribution in [1.82, 2.24) is 5.32 Å². The predicted molar refractivity (Wildman–Crippen MR) is 74.6 cm³/mol. The number of nitrogens with one attached hydrogen (secondary N) is 1. The van der Waals surface area contributed by atoms with Crippen LogP contribution in [-0.4, -0.2) is 25.5 Å². The standard InChI is InChI=1S/C14H16BrNO3/c1-19-13(17)5-6-16-14(18)12-8-11(12)9-3-2-4-10(15)7-9/h2-4,7,11-12H,5-6,8H2,1H3,(H,16,18)/t11-,12+/m0/s1. The second-order valence-corrected chi connectivity index (χ2v) is 5.54. The Hall–Kier alpha value is -1.36. The van der Waals surface area contributed by atoms with Gasteiger partial charge < -0.3 is 10.1 Å². The van der Waals surface area contributed by atoms with Crippen molar-refractivity contribution in [2.75, 3.05) is 13.7 Å². The highest BCUT2D eigenvalue weighted by Gasteiger charge is 2.43. The molecule has 0 bridgehead atoms. The van der Waals surface area contributed by atoms with Crippen LogP contribution in [-0.2, 0) is 14.3 Å². The Balaban J connectivity index is 1.79. The van der Waals surface area contributed by atoms with Crippen molar-refractivity contribution in [3.63, 3.8) is 0 Å². The zero-order valence-electron chi connectivity index (χ0n) is 10.7. The van der Waals surface area contributed by atoms with Crippen LogP contribution in [0.2, 0.25) is 0 Å². The third kappa shape index (κ3) is 3.80. The Bertz CT molecular complexity index is 489. The first-order valence-electron chi connectivity index (χ1n) is 6.22. The maximum atomic E-state index is 11.9. The van der Waals surface area contributed by atoms with Crippen molar-refractivity contribution in [1.29, 1.82) is 0 Å². The van der Waals surface area contributed by atoms with E-state index >= 15 is 0 Å². The number of halogens is 1. The third-order valence-electron chi connectivity index (χ3n) is 3.26. The minimum atomic E-state index is -0.306. The van der Waals surface area contributed by atoms with E-state index in [-0.39, 0.29) is 24.2 Å². The molecule has 1 saturated carbocycles. The summed E-state index contributed by atoms with van der Waals surface area (Å²) in [5, 5.41) is 2.77. The number of carbonyl (C=O) groups is 2. The fraction of sp³-hybridized carbons (Fsp3) is 0.429. The Morgan fingerprint density at radius 2 is 2.26 bits per heavy atom. The molecule has 5 heteroatoms. The molecule has 2 atom stereocenters. The molecule has 0 heterocycles. The number of hydrogen-bond acceptors (Lipinski definition) is 3. The summed E-state index contributed by atoms with van der Waals surface area (Å²) in [5.41, 5.74) is 1.18. The lowest BCUT2D eigenvalue weighted by molar-refractivity contribution is -0.140. The van der Waals surface area contributed by atoms with Gasteiger partial charge in [-0.2, -0.15) is 0 Å². The van der Waals surface area contributed by atoms with Crippen molar-refractivity contribution in [3.05, 3.63) is 34.3 Å². The van der Waals surface area contributed by atoms with Crippen molar-refractivity contribution < 1.29 is 14.3 Å². The quantitative estimate of drug-likeness (QED) is 0.844. The van der Waals surface area contributed by atoms with Crippen molar-refractivity contribution in [2.45, 2.75) is 18.8 Å². The fourth-order valence-corrected chi connectivity index (χ4v) is 2.53. The van der Waals surface area contributed by atoms with Gasteiger partial charge in [-0.05, 0) is 30.0 Å². The zero-order chi connectivity index (χ0) is 13.8. The van der Waals surface area contributed by atoms with Crippen LogP contribution in [0, 0.1) is 5.92 Å². The molecule has 0 unspecified atom stereocenters. The number of hydrogen-bond donors (Lipinski definition) is 1. The van der Waals surface area contributed by atoms with Crippen molar-refractivity contribution in [3.8, 4) is 0 Å². The molecule has 0 radical (unpaired) electrons. The molecule has 1 amide bonds. The van der Waals surface area contributed by atoms with E-state index in [0.29, 0.717) is 12.5 Å². The lowest BCUT2D eigenvalue weighted by Crippen LogP contribution is -2.28. The minimum absolute atomic E-state index is 0.0221. The van der Waals surface area contributed by atoms with Gasteiger partial charge in [0.25, 0.3) is 0 Å². The van der Waals surface area contributed by atoms with Crippen LogP contribution >= 0.6 is 15.9 Å². The summed E-state index contributed by atoms with van der Waals surface area (Å²) >= 11 is 3.43. The SMILES string of the molecule is COC(=O)CCNC(=O)[C@@H]1C[C@H]1c1cccc(Br)c1. The molecule has 102 valence electrons. The predicted octanol–water partition coefficient (Wildman–Crippen LogP) is 2.23. The molecule has 0 aromatic heterocycles. The number of benzene rings is 1. The van der Waals surface area contributed by atoms with Crippen LogP contribution in [0.25, 0.3) is 0 Å². The number of amides is 1. The fourth-order valence-electron chi connectivity index (χ4n) is 2.11. The van der Waals surface area contributed by atoms with Gasteiger partial charge in [-0.1, -0.05) is 28.1 Å². The van der Waals surface area contributed by atoms with Crippen molar-refractivity contribution in [2.24, 2.45) is 5.92 Å². The minimum Gasteiger partial charge on any atom is -0.469 e. The van der Waals surface area contributed by atoms with E-state index in [1.165, 1.54) is 12.7 Å². The molecule has 1 aliphatic rings. The van der Waals surface area contributed by atoms with Gasteiger partial charge in [0.15, 0.2) is 0 Å². The number of methoxy groups -OCH3 is 1. The van der Waals surface area contributed by atoms with Crippen molar-refractivity contribution >= 4 is 27.8 Å². The number of esters is 1. The van der Waals surface area contributed by atoms with Crippen LogP contribution in [0.15, 0.2) is 28.7 Å². The first kappa shape index (κ1) is 14.1. The second kappa shape index (κ2) is 6.19. The van der Waals surface area contributed by atoms with Gasteiger partial charge in [0, 0.05) is 16.9 Å². The Kier molecular flexibility index (Phi) is 4.58. The van der Waals surface area contributed by atoms with Gasteiger partial charge in [-0.25, -0.2) is 0 Å². The third-order valence-corrected chi connectivity index (χ3v) is 3.75. The highest BCUT2D eigenvalue weighted by atomic mass is 79.9. The van der Waals surface area contributed by atoms with Gasteiger partial charge in [-0.15, -0.1) is 0 Å². The summed E-state index contributed by atoms with van der Waals surface area (Å²) in [7, 11) is 1.34. The lowest BCUT2D eigenvalue weighted by Gasteiger charge is -2.04. The first-order chi connectivity index (χ1) is 9.11. The Labute approximate surface area is 120 Å². The van der Waals surface area contributed by atoms with E-state index in [1.807, 2.05) is 24.3 Å². The monoisotopic (exact) mass is 325 g/mol. The summed E-state index contributed by atoms with van der Waals surface area (Å²) in [6, 6.07) is 8.03. The van der Waals surface area contributed by atoms with Crippen LogP contribution in [0.4, 0.5) is 0 Å². The average molecular weight is 326 g/mol. The topological polar surface area (TPSA) is 55.4 Å². The largest absolute Gasteiger partial charge is 0.469 e. The molecule has 0 spiro atoms. The molecule has 1 aromatic rings. The van der Waals surface area contributed by atoms with E-state index in [0.717, 1.165) is 10.9 Å². The highest BCUT2D eigenvalue weighted by Crippen LogP contribution is 2.47. The summed E-state index contributed by atoms with van der Waals surface area (Å²) in [4.78, 5) is 22.8. The van der Waals surface area contributed by atoms with E-state index in [2.05, 4.69) is 26.0 Å². The normalized spacial score (nSPS) is 20.7. The smallest absolute Gasteiger partial charge is 0.307 e. The van der Waals surface area contributed by atoms with E-state index < -0.39 is 0 Å². The summed E-state index contributed by atoms with van der Waals surface area (Å²) in [5.74, 6) is 0.0519. The van der Waals surface area contributed by atoms with Gasteiger partial charge in [0.05, 0.1) is 13.5 Å². The maximum Gasteiger partial charge on any atom is 0.307 e. The molecule has 2 rings (SSSR count). The number of ether oxygens (including phenoxy) is 1. The van der Waals surface area contributed by atoms with E-state index in [9.17, 15) is 9.59 Å². The van der Waals surface area contributed by atoms with E-state index in [4.69, 9.17) is 0 Å².